The molecule has 1 amide bonds. The number of rotatable bonds is 3. The Labute approximate surface area is 133 Å². The predicted molar refractivity (Wildman–Crippen MR) is 88.0 cm³/mol. The summed E-state index contributed by atoms with van der Waals surface area (Å²) in [6.07, 6.45) is 0. The van der Waals surface area contributed by atoms with Gasteiger partial charge in [0, 0.05) is 5.56 Å². The van der Waals surface area contributed by atoms with E-state index < -0.39 is 5.91 Å². The number of aromatic hydroxyl groups is 1. The fraction of sp³-hybridized carbons (Fsp3) is 0.118. The molecule has 6 nitrogen and oxygen atoms in total. The van der Waals surface area contributed by atoms with E-state index >= 15 is 0 Å². The molecule has 3 N–H and O–H groups in total. The highest BCUT2D eigenvalue weighted by atomic mass is 16.5. The van der Waals surface area contributed by atoms with Gasteiger partial charge in [-0.05, 0) is 30.7 Å². The van der Waals surface area contributed by atoms with E-state index in [1.54, 1.807) is 31.4 Å². The highest BCUT2D eigenvalue weighted by Gasteiger charge is 2.21. The molecular formula is C17H15N3O3. The number of hydrogen-bond acceptors (Lipinski definition) is 3. The van der Waals surface area contributed by atoms with Crippen LogP contribution in [0.5, 0.6) is 11.5 Å². The zero-order valence-corrected chi connectivity index (χ0v) is 12.7. The summed E-state index contributed by atoms with van der Waals surface area (Å²) in [5.41, 5.74) is 6.55. The normalized spacial score (nSPS) is 10.9. The Hall–Kier alpha value is -3.33. The quantitative estimate of drug-likeness (QED) is 0.518. The summed E-state index contributed by atoms with van der Waals surface area (Å²) in [6, 6.07) is 9.58. The molecule has 2 aromatic carbocycles. The first kappa shape index (κ1) is 16.0. The molecule has 6 heteroatoms. The highest BCUT2D eigenvalue weighted by molar-refractivity contribution is 6.10. The molecule has 116 valence electrons. The van der Waals surface area contributed by atoms with Crippen molar-refractivity contribution in [2.75, 3.05) is 7.11 Å². The number of carbonyl (C=O) groups excluding carboxylic acids is 1. The van der Waals surface area contributed by atoms with Crippen LogP contribution in [0.15, 0.2) is 41.4 Å². The molecule has 0 atom stereocenters. The van der Waals surface area contributed by atoms with Gasteiger partial charge in [-0.15, -0.1) is 0 Å². The summed E-state index contributed by atoms with van der Waals surface area (Å²) in [6.45, 7) is 8.78. The minimum Gasteiger partial charge on any atom is -0.507 e. The highest BCUT2D eigenvalue weighted by Crippen LogP contribution is 2.39. The van der Waals surface area contributed by atoms with E-state index in [1.165, 1.54) is 19.1 Å². The molecule has 2 rings (SSSR count). The number of amides is 1. The third kappa shape index (κ3) is 3.30. The van der Waals surface area contributed by atoms with Gasteiger partial charge in [0.2, 0.25) is 0 Å². The molecule has 0 spiro atoms. The van der Waals surface area contributed by atoms with Crippen LogP contribution in [0.4, 0.5) is 5.69 Å². The standard InChI is InChI=1S/C17H15N3O3/c1-10(18)20-17(22)16-14(21)9-8-13(19-2)15(16)11-4-6-12(23-3)7-5-11/h4-9,21H,1,3H3,(H2,18,20,22). The van der Waals surface area contributed by atoms with E-state index in [1.807, 2.05) is 0 Å². The molecule has 0 bridgehead atoms. The van der Waals surface area contributed by atoms with Gasteiger partial charge in [0.25, 0.3) is 5.91 Å². The number of carbonyl (C=O) groups is 1. The Balaban J connectivity index is 2.73. The fourth-order valence-electron chi connectivity index (χ4n) is 2.16. The maximum atomic E-state index is 12.3. The number of phenols is 1. The lowest BCUT2D eigenvalue weighted by Gasteiger charge is -2.12. The third-order valence-electron chi connectivity index (χ3n) is 3.15. The van der Waals surface area contributed by atoms with Crippen LogP contribution < -0.4 is 10.5 Å². The van der Waals surface area contributed by atoms with Crippen LogP contribution in [0.3, 0.4) is 0 Å². The van der Waals surface area contributed by atoms with Crippen LogP contribution in [0.25, 0.3) is 16.0 Å². The molecule has 23 heavy (non-hydrogen) atoms. The topological polar surface area (TPSA) is 89.3 Å². The van der Waals surface area contributed by atoms with Crippen molar-refractivity contribution in [2.45, 2.75) is 6.92 Å². The summed E-state index contributed by atoms with van der Waals surface area (Å²) in [5, 5.41) is 10.1. The first-order valence-corrected chi connectivity index (χ1v) is 6.71. The van der Waals surface area contributed by atoms with Crippen LogP contribution in [-0.4, -0.2) is 24.0 Å². The average molecular weight is 309 g/mol. The Morgan fingerprint density at radius 3 is 2.43 bits per heavy atom. The molecule has 2 aromatic rings. The number of nitrogens with two attached hydrogens (primary N) is 1. The second-order valence-electron chi connectivity index (χ2n) is 4.75. The number of phenolic OH excluding ortho intramolecular Hbond substituents is 1. The monoisotopic (exact) mass is 309 g/mol. The lowest BCUT2D eigenvalue weighted by molar-refractivity contribution is 0.100. The molecule has 0 radical (unpaired) electrons. The maximum Gasteiger partial charge on any atom is 0.281 e. The van der Waals surface area contributed by atoms with Crippen molar-refractivity contribution in [3.05, 3.63) is 53.4 Å². The fourth-order valence-corrected chi connectivity index (χ4v) is 2.16. The number of benzene rings is 2. The zero-order valence-electron chi connectivity index (χ0n) is 12.7. The molecule has 0 aliphatic heterocycles. The SMILES string of the molecule is [C-]#[N+]c1ccc(O)c(C(=O)N=C(C)N)c1-c1ccc(OC)cc1. The zero-order chi connectivity index (χ0) is 17.0. The Morgan fingerprint density at radius 2 is 1.91 bits per heavy atom. The van der Waals surface area contributed by atoms with E-state index in [0.717, 1.165) is 0 Å². The van der Waals surface area contributed by atoms with Gasteiger partial charge in [-0.25, -0.2) is 4.85 Å². The van der Waals surface area contributed by atoms with Crippen molar-refractivity contribution in [3.8, 4) is 22.6 Å². The van der Waals surface area contributed by atoms with Gasteiger partial charge in [0.05, 0.1) is 19.2 Å². The number of hydrogen-bond donors (Lipinski definition) is 2. The largest absolute Gasteiger partial charge is 0.507 e. The van der Waals surface area contributed by atoms with Gasteiger partial charge >= 0.3 is 0 Å². The second kappa shape index (κ2) is 6.62. The number of nitrogens with zero attached hydrogens (tertiary/aromatic N) is 2. The van der Waals surface area contributed by atoms with Gasteiger partial charge in [-0.3, -0.25) is 4.79 Å². The summed E-state index contributed by atoms with van der Waals surface area (Å²) in [7, 11) is 1.54. The summed E-state index contributed by atoms with van der Waals surface area (Å²) in [4.78, 5) is 19.4. The molecule has 0 saturated heterocycles. The molecule has 0 aliphatic rings. The molecule has 0 aromatic heterocycles. The predicted octanol–water partition coefficient (Wildman–Crippen LogP) is 3.14. The first-order chi connectivity index (χ1) is 11.0. The van der Waals surface area contributed by atoms with Crippen LogP contribution in [0, 0.1) is 6.57 Å². The van der Waals surface area contributed by atoms with Crippen molar-refractivity contribution >= 4 is 17.4 Å². The molecule has 0 saturated carbocycles. The molecule has 0 fully saturated rings. The van der Waals surface area contributed by atoms with E-state index in [4.69, 9.17) is 17.0 Å². The van der Waals surface area contributed by atoms with Crippen LogP contribution in [0.1, 0.15) is 17.3 Å². The Kier molecular flexibility index (Phi) is 4.62. The first-order valence-electron chi connectivity index (χ1n) is 6.71. The minimum atomic E-state index is -0.696. The van der Waals surface area contributed by atoms with E-state index in [9.17, 15) is 9.90 Å². The minimum absolute atomic E-state index is 0.0477. The molecular weight excluding hydrogens is 294 g/mol. The summed E-state index contributed by atoms with van der Waals surface area (Å²) >= 11 is 0. The Bertz CT molecular complexity index is 814. The van der Waals surface area contributed by atoms with Gasteiger partial charge in [-0.2, -0.15) is 4.99 Å². The van der Waals surface area contributed by atoms with Gasteiger partial charge in [-0.1, -0.05) is 18.2 Å². The van der Waals surface area contributed by atoms with E-state index in [2.05, 4.69) is 9.84 Å². The Morgan fingerprint density at radius 1 is 1.26 bits per heavy atom. The van der Waals surface area contributed by atoms with Crippen molar-refractivity contribution < 1.29 is 14.6 Å². The average Bonchev–Trinajstić information content (AvgIpc) is 2.53. The lowest BCUT2D eigenvalue weighted by Crippen LogP contribution is -2.10. The molecule has 0 heterocycles. The summed E-state index contributed by atoms with van der Waals surface area (Å²) < 4.78 is 5.10. The molecule has 0 unspecified atom stereocenters. The number of methoxy groups -OCH3 is 1. The van der Waals surface area contributed by atoms with Crippen molar-refractivity contribution in [3.63, 3.8) is 0 Å². The van der Waals surface area contributed by atoms with Gasteiger partial charge in [0.1, 0.15) is 17.3 Å². The van der Waals surface area contributed by atoms with Crippen molar-refractivity contribution in [1.82, 2.24) is 0 Å². The number of amidine groups is 1. The summed E-state index contributed by atoms with van der Waals surface area (Å²) in [5.74, 6) is -0.234. The van der Waals surface area contributed by atoms with Crippen LogP contribution in [0.2, 0.25) is 0 Å². The van der Waals surface area contributed by atoms with Crippen molar-refractivity contribution in [2.24, 2.45) is 10.7 Å². The second-order valence-corrected chi connectivity index (χ2v) is 4.75. The third-order valence-corrected chi connectivity index (χ3v) is 3.15. The number of aliphatic imine (C=N–C) groups is 1. The van der Waals surface area contributed by atoms with Crippen molar-refractivity contribution in [1.29, 1.82) is 0 Å². The number of ether oxygens (including phenoxy) is 1. The molecule has 0 aliphatic carbocycles. The lowest BCUT2D eigenvalue weighted by atomic mass is 9.96. The van der Waals surface area contributed by atoms with E-state index in [0.29, 0.717) is 16.9 Å². The van der Waals surface area contributed by atoms with Gasteiger partial charge < -0.3 is 15.6 Å². The maximum absolute atomic E-state index is 12.3. The van der Waals surface area contributed by atoms with Crippen LogP contribution >= 0.6 is 0 Å². The van der Waals surface area contributed by atoms with Crippen LogP contribution in [-0.2, 0) is 0 Å². The smallest absolute Gasteiger partial charge is 0.281 e. The van der Waals surface area contributed by atoms with E-state index in [-0.39, 0.29) is 22.8 Å². The van der Waals surface area contributed by atoms with Gasteiger partial charge in [0.15, 0.2) is 5.69 Å².